The van der Waals surface area contributed by atoms with Gasteiger partial charge in [-0.25, -0.2) is 12.7 Å². The van der Waals surface area contributed by atoms with Crippen LogP contribution in [0.1, 0.15) is 44.2 Å². The van der Waals surface area contributed by atoms with Gasteiger partial charge in [-0.2, -0.15) is 0 Å². The number of nitrogens with zero attached hydrogens (tertiary/aromatic N) is 1. The molecule has 0 bridgehead atoms. The summed E-state index contributed by atoms with van der Waals surface area (Å²) in [7, 11) is -3.05. The van der Waals surface area contributed by atoms with E-state index in [1.807, 2.05) is 19.1 Å². The van der Waals surface area contributed by atoms with Crippen LogP contribution in [-0.4, -0.2) is 36.5 Å². The summed E-state index contributed by atoms with van der Waals surface area (Å²) in [5.41, 5.74) is 2.40. The normalized spacial score (nSPS) is 18.0. The standard InChI is InChI=1S/C17H24N2O2S/c1-2-3-12-22(20,21)19-10-8-14(9-11-19)17-13-15-6-4-5-7-16(15)18-17/h4-7,13-14,18H,2-3,8-12H2,1H3. The Hall–Kier alpha value is -1.33. The first kappa shape index (κ1) is 15.6. The molecule has 1 aromatic carbocycles. The number of hydrogen-bond acceptors (Lipinski definition) is 2. The van der Waals surface area contributed by atoms with E-state index in [1.165, 1.54) is 11.1 Å². The number of piperidine rings is 1. The summed E-state index contributed by atoms with van der Waals surface area (Å²) in [5, 5.41) is 1.23. The molecule has 0 saturated carbocycles. The summed E-state index contributed by atoms with van der Waals surface area (Å²) in [6, 6.07) is 10.5. The Labute approximate surface area is 132 Å². The summed E-state index contributed by atoms with van der Waals surface area (Å²) < 4.78 is 26.2. The molecule has 1 saturated heterocycles. The number of para-hydroxylation sites is 1. The largest absolute Gasteiger partial charge is 0.358 e. The van der Waals surface area contributed by atoms with Crippen molar-refractivity contribution in [1.29, 1.82) is 0 Å². The van der Waals surface area contributed by atoms with Crippen LogP contribution in [-0.2, 0) is 10.0 Å². The average Bonchev–Trinajstić information content (AvgIpc) is 2.97. The Bertz CT molecular complexity index is 695. The van der Waals surface area contributed by atoms with Gasteiger partial charge in [0.1, 0.15) is 0 Å². The molecule has 1 aliphatic heterocycles. The fourth-order valence-electron chi connectivity index (χ4n) is 3.22. The SMILES string of the molecule is CCCCS(=O)(=O)N1CCC(c2cc3ccccc3[nH]2)CC1. The number of unbranched alkanes of at least 4 members (excludes halogenated alkanes) is 1. The van der Waals surface area contributed by atoms with Gasteiger partial charge < -0.3 is 4.98 Å². The molecule has 0 spiro atoms. The highest BCUT2D eigenvalue weighted by Gasteiger charge is 2.28. The second-order valence-corrected chi connectivity index (χ2v) is 8.24. The van der Waals surface area contributed by atoms with Crippen LogP contribution in [0.5, 0.6) is 0 Å². The molecule has 1 aliphatic rings. The molecule has 3 rings (SSSR count). The number of nitrogens with one attached hydrogen (secondary N) is 1. The van der Waals surface area contributed by atoms with Crippen molar-refractivity contribution < 1.29 is 8.42 Å². The highest BCUT2D eigenvalue weighted by molar-refractivity contribution is 7.89. The minimum atomic E-state index is -3.05. The number of aromatic nitrogens is 1. The van der Waals surface area contributed by atoms with Gasteiger partial charge in [0.25, 0.3) is 0 Å². The zero-order chi connectivity index (χ0) is 15.6. The molecular formula is C17H24N2O2S. The van der Waals surface area contributed by atoms with E-state index in [1.54, 1.807) is 4.31 Å². The zero-order valence-electron chi connectivity index (χ0n) is 13.1. The lowest BCUT2D eigenvalue weighted by molar-refractivity contribution is 0.317. The van der Waals surface area contributed by atoms with Crippen molar-refractivity contribution in [3.05, 3.63) is 36.0 Å². The Balaban J connectivity index is 1.66. The maximum absolute atomic E-state index is 12.2. The van der Waals surface area contributed by atoms with Crippen molar-refractivity contribution >= 4 is 20.9 Å². The fraction of sp³-hybridized carbons (Fsp3) is 0.529. The van der Waals surface area contributed by atoms with Crippen LogP contribution in [0.2, 0.25) is 0 Å². The Morgan fingerprint density at radius 1 is 1.23 bits per heavy atom. The van der Waals surface area contributed by atoms with Crippen molar-refractivity contribution in [2.75, 3.05) is 18.8 Å². The quantitative estimate of drug-likeness (QED) is 0.917. The van der Waals surface area contributed by atoms with Crippen molar-refractivity contribution in [3.63, 3.8) is 0 Å². The smallest absolute Gasteiger partial charge is 0.214 e. The van der Waals surface area contributed by atoms with E-state index in [0.717, 1.165) is 31.2 Å². The summed E-state index contributed by atoms with van der Waals surface area (Å²) in [6.07, 6.45) is 3.48. The van der Waals surface area contributed by atoms with Gasteiger partial charge in [-0.3, -0.25) is 0 Å². The van der Waals surface area contributed by atoms with Crippen molar-refractivity contribution in [2.24, 2.45) is 0 Å². The first-order valence-electron chi connectivity index (χ1n) is 8.15. The van der Waals surface area contributed by atoms with Crippen LogP contribution in [0.3, 0.4) is 0 Å². The average molecular weight is 320 g/mol. The fourth-order valence-corrected chi connectivity index (χ4v) is 4.90. The van der Waals surface area contributed by atoms with Crippen LogP contribution in [0, 0.1) is 0 Å². The lowest BCUT2D eigenvalue weighted by Crippen LogP contribution is -2.39. The van der Waals surface area contributed by atoms with Crippen molar-refractivity contribution in [3.8, 4) is 0 Å². The Morgan fingerprint density at radius 3 is 2.64 bits per heavy atom. The predicted octanol–water partition coefficient (Wildman–Crippen LogP) is 3.48. The van der Waals surface area contributed by atoms with E-state index in [2.05, 4.69) is 23.2 Å². The molecule has 0 radical (unpaired) electrons. The lowest BCUT2D eigenvalue weighted by Gasteiger charge is -2.30. The molecule has 22 heavy (non-hydrogen) atoms. The van der Waals surface area contributed by atoms with Crippen molar-refractivity contribution in [1.82, 2.24) is 9.29 Å². The van der Waals surface area contributed by atoms with Gasteiger partial charge in [0.15, 0.2) is 0 Å². The van der Waals surface area contributed by atoms with Gasteiger partial charge >= 0.3 is 0 Å². The van der Waals surface area contributed by atoms with E-state index < -0.39 is 10.0 Å². The molecule has 4 nitrogen and oxygen atoms in total. The van der Waals surface area contributed by atoms with Crippen LogP contribution >= 0.6 is 0 Å². The summed E-state index contributed by atoms with van der Waals surface area (Å²) in [5.74, 6) is 0.727. The number of sulfonamides is 1. The molecule has 2 heterocycles. The second-order valence-electron chi connectivity index (χ2n) is 6.15. The summed E-state index contributed by atoms with van der Waals surface area (Å²) >= 11 is 0. The maximum Gasteiger partial charge on any atom is 0.214 e. The van der Waals surface area contributed by atoms with Crippen molar-refractivity contribution in [2.45, 2.75) is 38.5 Å². The molecule has 1 aromatic heterocycles. The van der Waals surface area contributed by atoms with E-state index in [9.17, 15) is 8.42 Å². The van der Waals surface area contributed by atoms with E-state index in [4.69, 9.17) is 0 Å². The van der Waals surface area contributed by atoms with E-state index in [0.29, 0.717) is 24.8 Å². The number of benzene rings is 1. The summed E-state index contributed by atoms with van der Waals surface area (Å²) in [4.78, 5) is 3.49. The molecule has 2 aromatic rings. The zero-order valence-corrected chi connectivity index (χ0v) is 13.9. The molecule has 1 N–H and O–H groups in total. The van der Waals surface area contributed by atoms with Crippen LogP contribution in [0.25, 0.3) is 10.9 Å². The number of fused-ring (bicyclic) bond motifs is 1. The van der Waals surface area contributed by atoms with Gasteiger partial charge in [-0.05, 0) is 36.8 Å². The lowest BCUT2D eigenvalue weighted by atomic mass is 9.95. The van der Waals surface area contributed by atoms with Gasteiger partial charge in [0.05, 0.1) is 5.75 Å². The van der Waals surface area contributed by atoms with E-state index in [-0.39, 0.29) is 0 Å². The molecule has 1 fully saturated rings. The van der Waals surface area contributed by atoms with Gasteiger partial charge in [0, 0.05) is 30.2 Å². The molecule has 0 unspecified atom stereocenters. The first-order chi connectivity index (χ1) is 10.6. The molecular weight excluding hydrogens is 296 g/mol. The minimum absolute atomic E-state index is 0.292. The predicted molar refractivity (Wildman–Crippen MR) is 90.5 cm³/mol. The molecule has 120 valence electrons. The molecule has 5 heteroatoms. The topological polar surface area (TPSA) is 53.2 Å². The summed E-state index contributed by atoms with van der Waals surface area (Å²) in [6.45, 7) is 3.32. The maximum atomic E-state index is 12.2. The van der Waals surface area contributed by atoms with Crippen LogP contribution in [0.4, 0.5) is 0 Å². The number of aromatic amines is 1. The van der Waals surface area contributed by atoms with Gasteiger partial charge in [-0.1, -0.05) is 31.5 Å². The monoisotopic (exact) mass is 320 g/mol. The number of H-pyrrole nitrogens is 1. The third-order valence-corrected chi connectivity index (χ3v) is 6.55. The first-order valence-corrected chi connectivity index (χ1v) is 9.76. The Kier molecular flexibility index (Phi) is 4.54. The van der Waals surface area contributed by atoms with E-state index >= 15 is 0 Å². The highest BCUT2D eigenvalue weighted by Crippen LogP contribution is 2.30. The van der Waals surface area contributed by atoms with Gasteiger partial charge in [0.2, 0.25) is 10.0 Å². The highest BCUT2D eigenvalue weighted by atomic mass is 32.2. The third kappa shape index (κ3) is 3.20. The van der Waals surface area contributed by atoms with Gasteiger partial charge in [-0.15, -0.1) is 0 Å². The molecule has 0 atom stereocenters. The number of rotatable bonds is 5. The third-order valence-electron chi connectivity index (χ3n) is 4.59. The minimum Gasteiger partial charge on any atom is -0.358 e. The van der Waals surface area contributed by atoms with Crippen LogP contribution in [0.15, 0.2) is 30.3 Å². The Morgan fingerprint density at radius 2 is 1.95 bits per heavy atom. The molecule has 0 aliphatic carbocycles. The molecule has 0 amide bonds. The second kappa shape index (κ2) is 6.42. The number of hydrogen-bond donors (Lipinski definition) is 1. The van der Waals surface area contributed by atoms with Crippen LogP contribution < -0.4 is 0 Å².